The quantitative estimate of drug-likeness (QED) is 0.831. The lowest BCUT2D eigenvalue weighted by Gasteiger charge is -2.10. The summed E-state index contributed by atoms with van der Waals surface area (Å²) in [6, 6.07) is 4.36. The minimum atomic E-state index is -3.13. The third-order valence-corrected chi connectivity index (χ3v) is 4.84. The molecule has 0 atom stereocenters. The van der Waals surface area contributed by atoms with Gasteiger partial charge in [-0.25, -0.2) is 12.8 Å². The Morgan fingerprint density at radius 2 is 2.00 bits per heavy atom. The third-order valence-electron chi connectivity index (χ3n) is 2.67. The summed E-state index contributed by atoms with van der Waals surface area (Å²) in [5.74, 6) is -0.110. The summed E-state index contributed by atoms with van der Waals surface area (Å²) in [7, 11) is -1.37. The van der Waals surface area contributed by atoms with Crippen LogP contribution in [0.5, 0.6) is 5.75 Å². The molecule has 1 rings (SSSR count). The summed E-state index contributed by atoms with van der Waals surface area (Å²) in [5.41, 5.74) is 0.754. The van der Waals surface area contributed by atoms with Crippen molar-refractivity contribution in [2.45, 2.75) is 25.6 Å². The maximum absolute atomic E-state index is 13.3. The lowest BCUT2D eigenvalue weighted by molar-refractivity contribution is 0.338. The van der Waals surface area contributed by atoms with Crippen molar-refractivity contribution in [2.24, 2.45) is 0 Å². The molecule has 1 aromatic carbocycles. The van der Waals surface area contributed by atoms with Gasteiger partial charge in [0, 0.05) is 12.6 Å². The molecule has 0 amide bonds. The molecule has 0 saturated carbocycles. The van der Waals surface area contributed by atoms with E-state index in [1.54, 1.807) is 27.0 Å². The maximum Gasteiger partial charge on any atom is 0.155 e. The fourth-order valence-electron chi connectivity index (χ4n) is 1.52. The first-order chi connectivity index (χ1) is 8.85. The van der Waals surface area contributed by atoms with Crippen molar-refractivity contribution in [3.8, 4) is 5.75 Å². The van der Waals surface area contributed by atoms with Crippen molar-refractivity contribution in [3.05, 3.63) is 29.6 Å². The van der Waals surface area contributed by atoms with Crippen molar-refractivity contribution < 1.29 is 17.5 Å². The van der Waals surface area contributed by atoms with Crippen molar-refractivity contribution >= 4 is 9.84 Å². The predicted molar refractivity (Wildman–Crippen MR) is 73.6 cm³/mol. The molecule has 0 bridgehead atoms. The Balaban J connectivity index is 2.63. The van der Waals surface area contributed by atoms with Gasteiger partial charge in [0.1, 0.15) is 18.2 Å². The zero-order valence-electron chi connectivity index (χ0n) is 11.4. The second kappa shape index (κ2) is 6.86. The van der Waals surface area contributed by atoms with Crippen LogP contribution in [0.2, 0.25) is 0 Å². The van der Waals surface area contributed by atoms with Crippen LogP contribution in [0.4, 0.5) is 4.39 Å². The van der Waals surface area contributed by atoms with Gasteiger partial charge in [0.05, 0.1) is 11.0 Å². The summed E-state index contributed by atoms with van der Waals surface area (Å²) >= 11 is 0. The molecule has 6 heteroatoms. The molecule has 0 spiro atoms. The molecule has 0 aromatic heterocycles. The monoisotopic (exact) mass is 289 g/mol. The van der Waals surface area contributed by atoms with Crippen molar-refractivity contribution in [2.75, 3.05) is 19.4 Å². The Labute approximate surface area is 113 Å². The molecule has 19 heavy (non-hydrogen) atoms. The molecule has 0 radical (unpaired) electrons. The Morgan fingerprint density at radius 3 is 2.58 bits per heavy atom. The highest BCUT2D eigenvalue weighted by Gasteiger charge is 2.15. The van der Waals surface area contributed by atoms with Crippen LogP contribution in [0.1, 0.15) is 19.4 Å². The van der Waals surface area contributed by atoms with E-state index in [2.05, 4.69) is 5.32 Å². The van der Waals surface area contributed by atoms with Crippen LogP contribution in [-0.4, -0.2) is 33.1 Å². The van der Waals surface area contributed by atoms with Crippen LogP contribution in [0.25, 0.3) is 0 Å². The molecule has 0 saturated heterocycles. The van der Waals surface area contributed by atoms with Gasteiger partial charge in [-0.1, -0.05) is 0 Å². The third kappa shape index (κ3) is 5.16. The van der Waals surface area contributed by atoms with E-state index in [1.807, 2.05) is 0 Å². The van der Waals surface area contributed by atoms with Gasteiger partial charge in [-0.05, 0) is 38.6 Å². The lowest BCUT2D eigenvalue weighted by atomic mass is 10.2. The van der Waals surface area contributed by atoms with Gasteiger partial charge in [-0.15, -0.1) is 0 Å². The first kappa shape index (κ1) is 15.9. The lowest BCUT2D eigenvalue weighted by Crippen LogP contribution is -2.22. The standard InChI is InChI=1S/C13H20FNO3S/c1-10(2)19(16,17)5-4-18-13-7-11(9-15-3)6-12(14)8-13/h6-8,10,15H,4-5,9H2,1-3H3. The topological polar surface area (TPSA) is 55.4 Å². The highest BCUT2D eigenvalue weighted by molar-refractivity contribution is 7.91. The number of benzene rings is 1. The summed E-state index contributed by atoms with van der Waals surface area (Å²) in [4.78, 5) is 0. The number of nitrogens with one attached hydrogen (secondary N) is 1. The van der Waals surface area contributed by atoms with Crippen molar-refractivity contribution in [1.82, 2.24) is 5.32 Å². The second-order valence-corrected chi connectivity index (χ2v) is 7.27. The summed E-state index contributed by atoms with van der Waals surface area (Å²) in [6.07, 6.45) is 0. The van der Waals surface area contributed by atoms with Crippen LogP contribution < -0.4 is 10.1 Å². The summed E-state index contributed by atoms with van der Waals surface area (Å²) in [6.45, 7) is 3.81. The number of sulfone groups is 1. The van der Waals surface area contributed by atoms with Crippen LogP contribution in [0.3, 0.4) is 0 Å². The van der Waals surface area contributed by atoms with E-state index >= 15 is 0 Å². The summed E-state index contributed by atoms with van der Waals surface area (Å²) < 4.78 is 41.8. The van der Waals surface area contributed by atoms with Crippen molar-refractivity contribution in [3.63, 3.8) is 0 Å². The Hall–Kier alpha value is -1.14. The molecular formula is C13H20FNO3S. The smallest absolute Gasteiger partial charge is 0.155 e. The number of ether oxygens (including phenoxy) is 1. The van der Waals surface area contributed by atoms with Gasteiger partial charge in [-0.3, -0.25) is 0 Å². The molecule has 1 aromatic rings. The van der Waals surface area contributed by atoms with Gasteiger partial charge in [-0.2, -0.15) is 0 Å². The fourth-order valence-corrected chi connectivity index (χ4v) is 2.31. The fraction of sp³-hybridized carbons (Fsp3) is 0.538. The summed E-state index contributed by atoms with van der Waals surface area (Å²) in [5, 5.41) is 2.49. The van der Waals surface area contributed by atoms with Crippen LogP contribution in [0.15, 0.2) is 18.2 Å². The van der Waals surface area contributed by atoms with Crippen LogP contribution >= 0.6 is 0 Å². The molecule has 108 valence electrons. The van der Waals surface area contributed by atoms with Gasteiger partial charge in [0.15, 0.2) is 9.84 Å². The van der Waals surface area contributed by atoms with Crippen LogP contribution in [-0.2, 0) is 16.4 Å². The Morgan fingerprint density at radius 1 is 1.32 bits per heavy atom. The first-order valence-electron chi connectivity index (χ1n) is 6.13. The number of halogens is 1. The average molecular weight is 289 g/mol. The van der Waals surface area contributed by atoms with E-state index in [1.165, 1.54) is 12.1 Å². The molecule has 0 heterocycles. The second-order valence-electron chi connectivity index (χ2n) is 4.59. The Bertz CT molecular complexity index is 515. The first-order valence-corrected chi connectivity index (χ1v) is 7.85. The number of hydrogen-bond acceptors (Lipinski definition) is 4. The zero-order chi connectivity index (χ0) is 14.5. The van der Waals surface area contributed by atoms with Gasteiger partial charge in [0.25, 0.3) is 0 Å². The highest BCUT2D eigenvalue weighted by Crippen LogP contribution is 2.16. The van der Waals surface area contributed by atoms with E-state index in [0.717, 1.165) is 5.56 Å². The molecule has 0 aliphatic carbocycles. The molecule has 0 aliphatic rings. The largest absolute Gasteiger partial charge is 0.492 e. The highest BCUT2D eigenvalue weighted by atomic mass is 32.2. The molecule has 0 unspecified atom stereocenters. The number of rotatable bonds is 7. The SMILES string of the molecule is CNCc1cc(F)cc(OCCS(=O)(=O)C(C)C)c1. The minimum Gasteiger partial charge on any atom is -0.492 e. The maximum atomic E-state index is 13.3. The van der Waals surface area contributed by atoms with E-state index in [4.69, 9.17) is 4.74 Å². The van der Waals surface area contributed by atoms with E-state index in [0.29, 0.717) is 12.3 Å². The molecule has 0 fully saturated rings. The zero-order valence-corrected chi connectivity index (χ0v) is 12.3. The van der Waals surface area contributed by atoms with Crippen LogP contribution in [0, 0.1) is 5.82 Å². The predicted octanol–water partition coefficient (Wildman–Crippen LogP) is 1.75. The van der Waals surface area contributed by atoms with E-state index in [9.17, 15) is 12.8 Å². The van der Waals surface area contributed by atoms with E-state index < -0.39 is 20.9 Å². The average Bonchev–Trinajstić information content (AvgIpc) is 2.28. The molecule has 1 N–H and O–H groups in total. The Kier molecular flexibility index (Phi) is 5.75. The van der Waals surface area contributed by atoms with Gasteiger partial charge >= 0.3 is 0 Å². The molecule has 0 aliphatic heterocycles. The van der Waals surface area contributed by atoms with Gasteiger partial charge in [0.2, 0.25) is 0 Å². The normalized spacial score (nSPS) is 11.8. The molecular weight excluding hydrogens is 269 g/mol. The molecule has 4 nitrogen and oxygen atoms in total. The number of hydrogen-bond donors (Lipinski definition) is 1. The minimum absolute atomic E-state index is 0.0307. The van der Waals surface area contributed by atoms with E-state index in [-0.39, 0.29) is 12.4 Å². The van der Waals surface area contributed by atoms with Crippen molar-refractivity contribution in [1.29, 1.82) is 0 Å². The van der Waals surface area contributed by atoms with Gasteiger partial charge < -0.3 is 10.1 Å².